The lowest BCUT2D eigenvalue weighted by Crippen LogP contribution is -2.20. The number of anilines is 1. The summed E-state index contributed by atoms with van der Waals surface area (Å²) >= 11 is 0. The molecular formula is C25H21NO6. The molecule has 3 aromatic rings. The van der Waals surface area contributed by atoms with Gasteiger partial charge >= 0.3 is 0 Å². The summed E-state index contributed by atoms with van der Waals surface area (Å²) in [5.74, 6) is 1.68. The SMILES string of the molecule is COc1cccc(C=C2Oc3cc(OCC(=O)Nc4ccccc4OC)ccc3C2=O)c1. The number of hydrogen-bond donors (Lipinski definition) is 1. The zero-order chi connectivity index (χ0) is 22.5. The minimum absolute atomic E-state index is 0.208. The molecule has 7 heteroatoms. The first kappa shape index (κ1) is 21.0. The smallest absolute Gasteiger partial charge is 0.262 e. The standard InChI is InChI=1S/C25H21NO6/c1-29-17-7-5-6-16(12-17)13-23-25(28)19-11-10-18(14-22(19)32-23)31-15-24(27)26-20-8-3-4-9-21(20)30-2/h3-14H,15H2,1-2H3,(H,26,27). The Morgan fingerprint density at radius 2 is 1.81 bits per heavy atom. The van der Waals surface area contributed by atoms with E-state index < -0.39 is 0 Å². The van der Waals surface area contributed by atoms with Gasteiger partial charge in [-0.25, -0.2) is 0 Å². The summed E-state index contributed by atoms with van der Waals surface area (Å²) in [4.78, 5) is 24.9. The van der Waals surface area contributed by atoms with E-state index in [1.54, 1.807) is 49.6 Å². The van der Waals surface area contributed by atoms with Crippen LogP contribution in [0.3, 0.4) is 0 Å². The molecule has 0 spiro atoms. The first-order valence-corrected chi connectivity index (χ1v) is 9.85. The molecule has 1 amide bonds. The molecule has 32 heavy (non-hydrogen) atoms. The molecule has 0 aliphatic carbocycles. The van der Waals surface area contributed by atoms with Crippen molar-refractivity contribution in [1.29, 1.82) is 0 Å². The molecule has 3 aromatic carbocycles. The second-order valence-corrected chi connectivity index (χ2v) is 6.91. The maximum atomic E-state index is 12.7. The average Bonchev–Trinajstić information content (AvgIpc) is 3.12. The largest absolute Gasteiger partial charge is 0.497 e. The molecule has 0 bridgehead atoms. The van der Waals surface area contributed by atoms with Gasteiger partial charge in [0.15, 0.2) is 12.4 Å². The molecule has 162 valence electrons. The Labute approximate surface area is 185 Å². The van der Waals surface area contributed by atoms with E-state index in [-0.39, 0.29) is 24.1 Å². The van der Waals surface area contributed by atoms with Crippen LogP contribution in [0.4, 0.5) is 5.69 Å². The van der Waals surface area contributed by atoms with Crippen LogP contribution in [0, 0.1) is 0 Å². The second-order valence-electron chi connectivity index (χ2n) is 6.91. The molecule has 0 saturated heterocycles. The number of rotatable bonds is 7. The number of ether oxygens (including phenoxy) is 4. The fraction of sp³-hybridized carbons (Fsp3) is 0.120. The minimum Gasteiger partial charge on any atom is -0.497 e. The lowest BCUT2D eigenvalue weighted by atomic mass is 10.1. The van der Waals surface area contributed by atoms with Gasteiger partial charge in [-0.3, -0.25) is 9.59 Å². The van der Waals surface area contributed by atoms with Crippen LogP contribution in [0.25, 0.3) is 6.08 Å². The van der Waals surface area contributed by atoms with Crippen molar-refractivity contribution < 1.29 is 28.5 Å². The normalized spacial score (nSPS) is 13.3. The molecule has 0 saturated carbocycles. The van der Waals surface area contributed by atoms with Crippen LogP contribution in [0.15, 0.2) is 72.5 Å². The lowest BCUT2D eigenvalue weighted by Gasteiger charge is -2.11. The van der Waals surface area contributed by atoms with Crippen LogP contribution in [-0.2, 0) is 4.79 Å². The van der Waals surface area contributed by atoms with Crippen LogP contribution < -0.4 is 24.3 Å². The molecule has 0 radical (unpaired) electrons. The Hall–Kier alpha value is -4.26. The Morgan fingerprint density at radius 3 is 2.62 bits per heavy atom. The van der Waals surface area contributed by atoms with Crippen molar-refractivity contribution >= 4 is 23.5 Å². The van der Waals surface area contributed by atoms with E-state index in [9.17, 15) is 9.59 Å². The van der Waals surface area contributed by atoms with Gasteiger partial charge in [0.1, 0.15) is 23.0 Å². The van der Waals surface area contributed by atoms with Crippen LogP contribution in [0.1, 0.15) is 15.9 Å². The predicted molar refractivity (Wildman–Crippen MR) is 119 cm³/mol. The van der Waals surface area contributed by atoms with Gasteiger partial charge < -0.3 is 24.3 Å². The van der Waals surface area contributed by atoms with Crippen molar-refractivity contribution in [1.82, 2.24) is 0 Å². The number of fused-ring (bicyclic) bond motifs is 1. The third-order valence-corrected chi connectivity index (χ3v) is 4.78. The Morgan fingerprint density at radius 1 is 0.969 bits per heavy atom. The van der Waals surface area contributed by atoms with Crippen molar-refractivity contribution in [2.45, 2.75) is 0 Å². The Bertz CT molecular complexity index is 1200. The fourth-order valence-electron chi connectivity index (χ4n) is 3.22. The van der Waals surface area contributed by atoms with Gasteiger partial charge in [-0.2, -0.15) is 0 Å². The highest BCUT2D eigenvalue weighted by Gasteiger charge is 2.27. The number of Topliss-reactive ketones (excluding diaryl/α,β-unsaturated/α-hetero) is 1. The highest BCUT2D eigenvalue weighted by atomic mass is 16.5. The predicted octanol–water partition coefficient (Wildman–Crippen LogP) is 4.34. The van der Waals surface area contributed by atoms with E-state index in [0.29, 0.717) is 34.2 Å². The topological polar surface area (TPSA) is 83.1 Å². The first-order chi connectivity index (χ1) is 15.6. The van der Waals surface area contributed by atoms with Gasteiger partial charge in [0.05, 0.1) is 25.5 Å². The number of amides is 1. The van der Waals surface area contributed by atoms with E-state index >= 15 is 0 Å². The minimum atomic E-state index is -0.342. The number of nitrogens with one attached hydrogen (secondary N) is 1. The molecular weight excluding hydrogens is 410 g/mol. The number of hydrogen-bond acceptors (Lipinski definition) is 6. The molecule has 0 fully saturated rings. The van der Waals surface area contributed by atoms with E-state index in [0.717, 1.165) is 5.56 Å². The molecule has 4 rings (SSSR count). The highest BCUT2D eigenvalue weighted by molar-refractivity contribution is 6.14. The fourth-order valence-corrected chi connectivity index (χ4v) is 3.22. The number of allylic oxidation sites excluding steroid dienone is 1. The summed E-state index contributed by atoms with van der Waals surface area (Å²) in [6, 6.07) is 19.3. The van der Waals surface area contributed by atoms with Crippen LogP contribution >= 0.6 is 0 Å². The number of carbonyl (C=O) groups is 2. The van der Waals surface area contributed by atoms with Gasteiger partial charge in [-0.1, -0.05) is 24.3 Å². The summed E-state index contributed by atoms with van der Waals surface area (Å²) in [5, 5.41) is 2.74. The van der Waals surface area contributed by atoms with Crippen molar-refractivity contribution in [3.8, 4) is 23.0 Å². The maximum absolute atomic E-state index is 12.7. The zero-order valence-electron chi connectivity index (χ0n) is 17.6. The number of carbonyl (C=O) groups excluding carboxylic acids is 2. The summed E-state index contributed by atoms with van der Waals surface area (Å²) in [7, 11) is 3.11. The quantitative estimate of drug-likeness (QED) is 0.561. The summed E-state index contributed by atoms with van der Waals surface area (Å²) in [6.07, 6.45) is 1.66. The third kappa shape index (κ3) is 4.57. The highest BCUT2D eigenvalue weighted by Crippen LogP contribution is 2.35. The third-order valence-electron chi connectivity index (χ3n) is 4.78. The van der Waals surface area contributed by atoms with E-state index in [2.05, 4.69) is 5.32 Å². The van der Waals surface area contributed by atoms with Crippen molar-refractivity contribution in [3.63, 3.8) is 0 Å². The second kappa shape index (κ2) is 9.26. The molecule has 1 aliphatic rings. The number of methoxy groups -OCH3 is 2. The summed E-state index contributed by atoms with van der Waals surface area (Å²) in [6.45, 7) is -0.211. The molecule has 0 unspecified atom stereocenters. The molecule has 7 nitrogen and oxygen atoms in total. The molecule has 0 aromatic heterocycles. The number of para-hydroxylation sites is 2. The van der Waals surface area contributed by atoms with Crippen molar-refractivity contribution in [3.05, 3.63) is 83.6 Å². The van der Waals surface area contributed by atoms with Gasteiger partial charge in [0.25, 0.3) is 5.91 Å². The maximum Gasteiger partial charge on any atom is 0.262 e. The summed E-state index contributed by atoms with van der Waals surface area (Å²) < 4.78 is 21.7. The Balaban J connectivity index is 1.42. The molecule has 0 atom stereocenters. The van der Waals surface area contributed by atoms with Gasteiger partial charge in [0.2, 0.25) is 5.78 Å². The van der Waals surface area contributed by atoms with Gasteiger partial charge in [0, 0.05) is 6.07 Å². The van der Waals surface area contributed by atoms with Crippen molar-refractivity contribution in [2.75, 3.05) is 26.1 Å². The molecule has 1 N–H and O–H groups in total. The first-order valence-electron chi connectivity index (χ1n) is 9.85. The molecule has 1 heterocycles. The van der Waals surface area contributed by atoms with Gasteiger partial charge in [-0.05, 0) is 48.0 Å². The monoisotopic (exact) mass is 431 g/mol. The zero-order valence-corrected chi connectivity index (χ0v) is 17.6. The number of benzene rings is 3. The van der Waals surface area contributed by atoms with Crippen LogP contribution in [-0.4, -0.2) is 32.5 Å². The number of ketones is 1. The van der Waals surface area contributed by atoms with Crippen LogP contribution in [0.2, 0.25) is 0 Å². The lowest BCUT2D eigenvalue weighted by molar-refractivity contribution is -0.118. The Kier molecular flexibility index (Phi) is 6.07. The van der Waals surface area contributed by atoms with Crippen LogP contribution in [0.5, 0.6) is 23.0 Å². The van der Waals surface area contributed by atoms with E-state index in [1.165, 1.54) is 7.11 Å². The van der Waals surface area contributed by atoms with Gasteiger partial charge in [-0.15, -0.1) is 0 Å². The van der Waals surface area contributed by atoms with E-state index in [4.69, 9.17) is 18.9 Å². The van der Waals surface area contributed by atoms with Crippen molar-refractivity contribution in [2.24, 2.45) is 0 Å². The average molecular weight is 431 g/mol. The van der Waals surface area contributed by atoms with E-state index in [1.807, 2.05) is 30.3 Å². The summed E-state index contributed by atoms with van der Waals surface area (Å²) in [5.41, 5.74) is 1.77. The molecule has 1 aliphatic heterocycles.